The van der Waals surface area contributed by atoms with Crippen molar-refractivity contribution in [1.82, 2.24) is 10.6 Å². The van der Waals surface area contributed by atoms with E-state index in [0.29, 0.717) is 46.9 Å². The van der Waals surface area contributed by atoms with Crippen molar-refractivity contribution >= 4 is 40.8 Å². The summed E-state index contributed by atoms with van der Waals surface area (Å²) in [5, 5.41) is 7.20. The van der Waals surface area contributed by atoms with Crippen LogP contribution in [0.15, 0.2) is 42.5 Å². The molecule has 0 bridgehead atoms. The summed E-state index contributed by atoms with van der Waals surface area (Å²) >= 11 is 17.9. The Morgan fingerprint density at radius 1 is 0.958 bits per heavy atom. The third-order valence-corrected chi connectivity index (χ3v) is 4.08. The van der Waals surface area contributed by atoms with E-state index in [4.69, 9.17) is 39.5 Å². The van der Waals surface area contributed by atoms with Crippen molar-refractivity contribution < 1.29 is 9.53 Å². The second-order valence-electron chi connectivity index (χ2n) is 4.95. The first-order valence-electron chi connectivity index (χ1n) is 7.39. The van der Waals surface area contributed by atoms with Gasteiger partial charge >= 0.3 is 6.03 Å². The van der Waals surface area contributed by atoms with Gasteiger partial charge in [-0.25, -0.2) is 4.79 Å². The van der Waals surface area contributed by atoms with Gasteiger partial charge in [0.05, 0.1) is 11.6 Å². The Hall–Kier alpha value is -1.62. The molecule has 0 fully saturated rings. The van der Waals surface area contributed by atoms with E-state index in [0.717, 1.165) is 5.56 Å². The molecule has 4 nitrogen and oxygen atoms in total. The smallest absolute Gasteiger partial charge is 0.314 e. The summed E-state index contributed by atoms with van der Waals surface area (Å²) in [4.78, 5) is 11.7. The third kappa shape index (κ3) is 6.11. The highest BCUT2D eigenvalue weighted by molar-refractivity contribution is 6.35. The van der Waals surface area contributed by atoms with Crippen LogP contribution in [0.5, 0.6) is 5.75 Å². The number of ether oxygens (including phenoxy) is 1. The number of nitrogens with one attached hydrogen (secondary N) is 2. The van der Waals surface area contributed by atoms with Gasteiger partial charge in [0.25, 0.3) is 0 Å². The fraction of sp³-hybridized carbons (Fsp3) is 0.235. The molecule has 0 aromatic heterocycles. The Morgan fingerprint density at radius 3 is 2.46 bits per heavy atom. The van der Waals surface area contributed by atoms with Gasteiger partial charge in [0.15, 0.2) is 0 Å². The Labute approximate surface area is 156 Å². The SMILES string of the molecule is O=C(NCCOc1ccccc1Cl)NCCc1ccc(Cl)cc1Cl. The van der Waals surface area contributed by atoms with Gasteiger partial charge in [-0.1, -0.05) is 53.0 Å². The minimum Gasteiger partial charge on any atom is -0.490 e. The zero-order valence-electron chi connectivity index (χ0n) is 12.8. The van der Waals surface area contributed by atoms with Crippen LogP contribution in [0.25, 0.3) is 0 Å². The van der Waals surface area contributed by atoms with Gasteiger partial charge in [-0.2, -0.15) is 0 Å². The molecule has 0 saturated carbocycles. The van der Waals surface area contributed by atoms with Crippen LogP contribution in [0, 0.1) is 0 Å². The highest BCUT2D eigenvalue weighted by Crippen LogP contribution is 2.23. The number of rotatable bonds is 7. The Bertz CT molecular complexity index is 695. The standard InChI is InChI=1S/C17H17Cl3N2O2/c18-13-6-5-12(15(20)11-13)7-8-21-17(23)22-9-10-24-16-4-2-1-3-14(16)19/h1-6,11H,7-10H2,(H2,21,22,23). The fourth-order valence-electron chi connectivity index (χ4n) is 1.98. The van der Waals surface area contributed by atoms with Crippen molar-refractivity contribution in [2.75, 3.05) is 19.7 Å². The van der Waals surface area contributed by atoms with E-state index in [9.17, 15) is 4.79 Å². The highest BCUT2D eigenvalue weighted by Gasteiger charge is 2.04. The molecule has 0 aliphatic rings. The lowest BCUT2D eigenvalue weighted by atomic mass is 10.1. The van der Waals surface area contributed by atoms with Gasteiger partial charge in [0.2, 0.25) is 0 Å². The molecule has 2 aromatic rings. The monoisotopic (exact) mass is 386 g/mol. The summed E-state index contributed by atoms with van der Waals surface area (Å²) in [7, 11) is 0. The van der Waals surface area contributed by atoms with Crippen LogP contribution in [0.3, 0.4) is 0 Å². The van der Waals surface area contributed by atoms with Gasteiger partial charge in [0.1, 0.15) is 12.4 Å². The molecule has 0 saturated heterocycles. The van der Waals surface area contributed by atoms with E-state index >= 15 is 0 Å². The third-order valence-electron chi connectivity index (χ3n) is 3.18. The number of carbonyl (C=O) groups is 1. The molecule has 0 spiro atoms. The number of hydrogen-bond acceptors (Lipinski definition) is 2. The van der Waals surface area contributed by atoms with Crippen LogP contribution < -0.4 is 15.4 Å². The molecular formula is C17H17Cl3N2O2. The molecule has 0 unspecified atom stereocenters. The molecule has 0 atom stereocenters. The molecule has 2 rings (SSSR count). The van der Waals surface area contributed by atoms with Crippen LogP contribution in [-0.4, -0.2) is 25.7 Å². The molecule has 24 heavy (non-hydrogen) atoms. The van der Waals surface area contributed by atoms with Crippen molar-refractivity contribution in [3.63, 3.8) is 0 Å². The molecule has 2 aromatic carbocycles. The lowest BCUT2D eigenvalue weighted by Crippen LogP contribution is -2.38. The van der Waals surface area contributed by atoms with Crippen molar-refractivity contribution in [1.29, 1.82) is 0 Å². The molecule has 2 amide bonds. The number of hydrogen-bond donors (Lipinski definition) is 2. The van der Waals surface area contributed by atoms with Crippen LogP contribution in [0.2, 0.25) is 15.1 Å². The predicted molar refractivity (Wildman–Crippen MR) is 98.5 cm³/mol. The maximum atomic E-state index is 11.7. The van der Waals surface area contributed by atoms with Crippen molar-refractivity contribution in [3.8, 4) is 5.75 Å². The Balaban J connectivity index is 1.62. The number of carbonyl (C=O) groups excluding carboxylic acids is 1. The molecular weight excluding hydrogens is 371 g/mol. The van der Waals surface area contributed by atoms with Crippen LogP contribution in [0.1, 0.15) is 5.56 Å². The van der Waals surface area contributed by atoms with Crippen LogP contribution >= 0.6 is 34.8 Å². The summed E-state index contributed by atoms with van der Waals surface area (Å²) in [5.74, 6) is 0.596. The molecule has 2 N–H and O–H groups in total. The molecule has 0 heterocycles. The average Bonchev–Trinajstić information content (AvgIpc) is 2.55. The maximum Gasteiger partial charge on any atom is 0.314 e. The topological polar surface area (TPSA) is 50.4 Å². The van der Waals surface area contributed by atoms with Gasteiger partial charge in [0, 0.05) is 16.6 Å². The second-order valence-corrected chi connectivity index (χ2v) is 6.20. The van der Waals surface area contributed by atoms with E-state index in [2.05, 4.69) is 10.6 Å². The van der Waals surface area contributed by atoms with Crippen LogP contribution in [0.4, 0.5) is 4.79 Å². The van der Waals surface area contributed by atoms with Crippen molar-refractivity contribution in [2.24, 2.45) is 0 Å². The molecule has 7 heteroatoms. The zero-order chi connectivity index (χ0) is 17.4. The lowest BCUT2D eigenvalue weighted by Gasteiger charge is -2.10. The number of benzene rings is 2. The summed E-state index contributed by atoms with van der Waals surface area (Å²) in [5.41, 5.74) is 0.934. The molecule has 0 radical (unpaired) electrons. The van der Waals surface area contributed by atoms with Gasteiger partial charge in [-0.15, -0.1) is 0 Å². The lowest BCUT2D eigenvalue weighted by molar-refractivity contribution is 0.236. The van der Waals surface area contributed by atoms with E-state index in [1.54, 1.807) is 24.3 Å². The molecule has 0 aliphatic heterocycles. The minimum absolute atomic E-state index is 0.261. The predicted octanol–water partition coefficient (Wildman–Crippen LogP) is 4.57. The number of para-hydroxylation sites is 1. The summed E-state index contributed by atoms with van der Waals surface area (Å²) in [6, 6.07) is 12.2. The number of amides is 2. The van der Waals surface area contributed by atoms with Gasteiger partial charge in [-0.3, -0.25) is 0 Å². The minimum atomic E-state index is -0.261. The quantitative estimate of drug-likeness (QED) is 0.684. The first-order chi connectivity index (χ1) is 11.6. The van der Waals surface area contributed by atoms with Crippen LogP contribution in [-0.2, 0) is 6.42 Å². The van der Waals surface area contributed by atoms with Gasteiger partial charge in [-0.05, 0) is 36.2 Å². The fourth-order valence-corrected chi connectivity index (χ4v) is 2.68. The Morgan fingerprint density at radius 2 is 1.71 bits per heavy atom. The summed E-state index contributed by atoms with van der Waals surface area (Å²) in [6.45, 7) is 1.18. The second kappa shape index (κ2) is 9.62. The molecule has 0 aliphatic carbocycles. The van der Waals surface area contributed by atoms with E-state index in [1.165, 1.54) is 0 Å². The summed E-state index contributed by atoms with van der Waals surface area (Å²) in [6.07, 6.45) is 0.625. The molecule has 128 valence electrons. The maximum absolute atomic E-state index is 11.7. The Kier molecular flexibility index (Phi) is 7.50. The van der Waals surface area contributed by atoms with E-state index < -0.39 is 0 Å². The number of urea groups is 1. The van der Waals surface area contributed by atoms with Crippen molar-refractivity contribution in [3.05, 3.63) is 63.1 Å². The largest absolute Gasteiger partial charge is 0.490 e. The van der Waals surface area contributed by atoms with E-state index in [1.807, 2.05) is 18.2 Å². The van der Waals surface area contributed by atoms with Gasteiger partial charge < -0.3 is 15.4 Å². The average molecular weight is 388 g/mol. The highest BCUT2D eigenvalue weighted by atomic mass is 35.5. The first kappa shape index (κ1) is 18.7. The first-order valence-corrected chi connectivity index (χ1v) is 8.52. The van der Waals surface area contributed by atoms with Crippen molar-refractivity contribution in [2.45, 2.75) is 6.42 Å². The normalized spacial score (nSPS) is 10.3. The van der Waals surface area contributed by atoms with E-state index in [-0.39, 0.29) is 6.03 Å². The number of halogens is 3. The zero-order valence-corrected chi connectivity index (χ0v) is 15.1. The summed E-state index contributed by atoms with van der Waals surface area (Å²) < 4.78 is 5.48.